The van der Waals surface area contributed by atoms with Gasteiger partial charge in [-0.1, -0.05) is 42.5 Å². The molecular weight excluding hydrogens is 368 g/mol. The highest BCUT2D eigenvalue weighted by Crippen LogP contribution is 2.18. The molecule has 3 rings (SSSR count). The number of nitrogens with one attached hydrogen (secondary N) is 2. The monoisotopic (exact) mass is 390 g/mol. The summed E-state index contributed by atoms with van der Waals surface area (Å²) in [6.07, 6.45) is 0. The van der Waals surface area contributed by atoms with E-state index in [1.165, 1.54) is 0 Å². The van der Waals surface area contributed by atoms with Crippen molar-refractivity contribution >= 4 is 34.2 Å². The Bertz CT molecular complexity index is 1080. The van der Waals surface area contributed by atoms with Crippen LogP contribution >= 0.6 is 0 Å². The van der Waals surface area contributed by atoms with Crippen LogP contribution in [-0.4, -0.2) is 30.9 Å². The molecular formula is C23H22N2O4. The number of rotatable bonds is 6. The Morgan fingerprint density at radius 1 is 0.897 bits per heavy atom. The topological polar surface area (TPSA) is 84.5 Å². The second kappa shape index (κ2) is 9.01. The normalized spacial score (nSPS) is 10.4. The average molecular weight is 390 g/mol. The highest BCUT2D eigenvalue weighted by molar-refractivity contribution is 6.00. The predicted molar refractivity (Wildman–Crippen MR) is 112 cm³/mol. The lowest BCUT2D eigenvalue weighted by atomic mass is 10.1. The van der Waals surface area contributed by atoms with E-state index in [0.717, 1.165) is 21.9 Å². The third kappa shape index (κ3) is 5.19. The van der Waals surface area contributed by atoms with Gasteiger partial charge in [0.15, 0.2) is 6.61 Å². The summed E-state index contributed by atoms with van der Waals surface area (Å²) < 4.78 is 4.94. The first-order valence-corrected chi connectivity index (χ1v) is 9.23. The Hall–Kier alpha value is -3.67. The number of esters is 1. The maximum Gasteiger partial charge on any atom is 0.325 e. The van der Waals surface area contributed by atoms with Crippen molar-refractivity contribution < 1.29 is 19.1 Å². The second-order valence-electron chi connectivity index (χ2n) is 6.70. The number of hydrogen-bond acceptors (Lipinski definition) is 4. The first-order valence-electron chi connectivity index (χ1n) is 9.23. The second-order valence-corrected chi connectivity index (χ2v) is 6.70. The molecule has 0 unspecified atom stereocenters. The van der Waals surface area contributed by atoms with Crippen molar-refractivity contribution in [3.05, 3.63) is 77.4 Å². The summed E-state index contributed by atoms with van der Waals surface area (Å²) in [5.74, 6) is -1.50. The molecule has 0 fully saturated rings. The summed E-state index contributed by atoms with van der Waals surface area (Å²) in [5, 5.41) is 7.18. The first kappa shape index (κ1) is 20.1. The minimum Gasteiger partial charge on any atom is -0.454 e. The predicted octanol–water partition coefficient (Wildman–Crippen LogP) is 3.37. The van der Waals surface area contributed by atoms with Gasteiger partial charge in [0.05, 0.1) is 0 Å². The van der Waals surface area contributed by atoms with Crippen molar-refractivity contribution in [2.75, 3.05) is 18.5 Å². The maximum absolute atomic E-state index is 12.2. The van der Waals surface area contributed by atoms with Gasteiger partial charge in [0, 0.05) is 11.3 Å². The quantitative estimate of drug-likeness (QED) is 0.632. The standard InChI is InChI=1S/C23H22N2O4/c1-15-6-5-9-20(16(15)2)25-21(26)14-29-22(27)13-24-23(28)19-11-10-17-7-3-4-8-18(17)12-19/h3-12H,13-14H2,1-2H3,(H,24,28)(H,25,26). The van der Waals surface area contributed by atoms with Crippen LogP contribution in [0.3, 0.4) is 0 Å². The molecule has 0 spiro atoms. The zero-order valence-electron chi connectivity index (χ0n) is 16.3. The van der Waals surface area contributed by atoms with Crippen molar-refractivity contribution in [3.63, 3.8) is 0 Å². The molecule has 29 heavy (non-hydrogen) atoms. The molecule has 6 heteroatoms. The lowest BCUT2D eigenvalue weighted by Gasteiger charge is -2.11. The Balaban J connectivity index is 1.47. The molecule has 0 heterocycles. The summed E-state index contributed by atoms with van der Waals surface area (Å²) in [4.78, 5) is 36.1. The van der Waals surface area contributed by atoms with Crippen LogP contribution in [0.5, 0.6) is 0 Å². The molecule has 0 atom stereocenters. The lowest BCUT2D eigenvalue weighted by molar-refractivity contribution is -0.146. The molecule has 0 bridgehead atoms. The zero-order chi connectivity index (χ0) is 20.8. The fraction of sp³-hybridized carbons (Fsp3) is 0.174. The molecule has 0 aliphatic carbocycles. The van der Waals surface area contributed by atoms with E-state index in [9.17, 15) is 14.4 Å². The largest absolute Gasteiger partial charge is 0.454 e. The van der Waals surface area contributed by atoms with Crippen LogP contribution in [0.1, 0.15) is 21.5 Å². The summed E-state index contributed by atoms with van der Waals surface area (Å²) in [7, 11) is 0. The van der Waals surface area contributed by atoms with E-state index in [1.54, 1.807) is 18.2 Å². The number of anilines is 1. The van der Waals surface area contributed by atoms with E-state index < -0.39 is 18.5 Å². The number of aryl methyl sites for hydroxylation is 1. The summed E-state index contributed by atoms with van der Waals surface area (Å²) >= 11 is 0. The van der Waals surface area contributed by atoms with E-state index in [4.69, 9.17) is 4.74 Å². The number of carbonyl (C=O) groups excluding carboxylic acids is 3. The van der Waals surface area contributed by atoms with E-state index in [1.807, 2.05) is 56.3 Å². The van der Waals surface area contributed by atoms with Gasteiger partial charge in [0.1, 0.15) is 6.54 Å². The molecule has 0 aliphatic rings. The van der Waals surface area contributed by atoms with Crippen LogP contribution in [0, 0.1) is 13.8 Å². The molecule has 0 aromatic heterocycles. The number of hydrogen-bond donors (Lipinski definition) is 2. The van der Waals surface area contributed by atoms with E-state index in [0.29, 0.717) is 11.3 Å². The lowest BCUT2D eigenvalue weighted by Crippen LogP contribution is -2.32. The SMILES string of the molecule is Cc1cccc(NC(=O)COC(=O)CNC(=O)c2ccc3ccccc3c2)c1C. The van der Waals surface area contributed by atoms with Gasteiger partial charge < -0.3 is 15.4 Å². The van der Waals surface area contributed by atoms with E-state index in [2.05, 4.69) is 10.6 Å². The van der Waals surface area contributed by atoms with Crippen molar-refractivity contribution in [3.8, 4) is 0 Å². The Morgan fingerprint density at radius 3 is 2.45 bits per heavy atom. The van der Waals surface area contributed by atoms with Gasteiger partial charge in [-0.25, -0.2) is 0 Å². The van der Waals surface area contributed by atoms with E-state index in [-0.39, 0.29) is 12.5 Å². The van der Waals surface area contributed by atoms with Crippen LogP contribution < -0.4 is 10.6 Å². The van der Waals surface area contributed by atoms with Gasteiger partial charge in [-0.05, 0) is 53.9 Å². The molecule has 0 radical (unpaired) electrons. The van der Waals surface area contributed by atoms with Gasteiger partial charge in [-0.2, -0.15) is 0 Å². The molecule has 2 amide bonds. The van der Waals surface area contributed by atoms with Crippen LogP contribution in [-0.2, 0) is 14.3 Å². The Kier molecular flexibility index (Phi) is 6.24. The minimum atomic E-state index is -0.685. The third-order valence-electron chi connectivity index (χ3n) is 4.65. The van der Waals surface area contributed by atoms with Crippen molar-refractivity contribution in [2.24, 2.45) is 0 Å². The number of ether oxygens (including phenoxy) is 1. The summed E-state index contributed by atoms with van der Waals surface area (Å²) in [6.45, 7) is 3.11. The van der Waals surface area contributed by atoms with Crippen LogP contribution in [0.2, 0.25) is 0 Å². The van der Waals surface area contributed by atoms with Crippen LogP contribution in [0.4, 0.5) is 5.69 Å². The maximum atomic E-state index is 12.2. The Morgan fingerprint density at radius 2 is 1.66 bits per heavy atom. The molecule has 2 N–H and O–H groups in total. The van der Waals surface area contributed by atoms with E-state index >= 15 is 0 Å². The third-order valence-corrected chi connectivity index (χ3v) is 4.65. The number of amides is 2. The van der Waals surface area contributed by atoms with Gasteiger partial charge in [-0.3, -0.25) is 14.4 Å². The summed E-state index contributed by atoms with van der Waals surface area (Å²) in [5.41, 5.74) is 3.13. The van der Waals surface area contributed by atoms with Gasteiger partial charge in [0.2, 0.25) is 0 Å². The zero-order valence-corrected chi connectivity index (χ0v) is 16.3. The van der Waals surface area contributed by atoms with Crippen LogP contribution in [0.15, 0.2) is 60.7 Å². The highest BCUT2D eigenvalue weighted by Gasteiger charge is 2.12. The molecule has 0 saturated carbocycles. The average Bonchev–Trinajstić information content (AvgIpc) is 2.73. The molecule has 3 aromatic rings. The molecule has 0 aliphatic heterocycles. The van der Waals surface area contributed by atoms with Crippen LogP contribution in [0.25, 0.3) is 10.8 Å². The van der Waals surface area contributed by atoms with Crippen molar-refractivity contribution in [1.82, 2.24) is 5.32 Å². The number of fused-ring (bicyclic) bond motifs is 1. The van der Waals surface area contributed by atoms with Gasteiger partial charge >= 0.3 is 5.97 Å². The van der Waals surface area contributed by atoms with Crippen molar-refractivity contribution in [1.29, 1.82) is 0 Å². The van der Waals surface area contributed by atoms with Crippen molar-refractivity contribution in [2.45, 2.75) is 13.8 Å². The molecule has 0 saturated heterocycles. The fourth-order valence-electron chi connectivity index (χ4n) is 2.85. The highest BCUT2D eigenvalue weighted by atomic mass is 16.5. The summed E-state index contributed by atoms with van der Waals surface area (Å²) in [6, 6.07) is 18.6. The number of benzene rings is 3. The minimum absolute atomic E-state index is 0.317. The molecule has 6 nitrogen and oxygen atoms in total. The van der Waals surface area contributed by atoms with Gasteiger partial charge in [0.25, 0.3) is 11.8 Å². The van der Waals surface area contributed by atoms with Gasteiger partial charge in [-0.15, -0.1) is 0 Å². The first-order chi connectivity index (χ1) is 13.9. The molecule has 3 aromatic carbocycles. The number of carbonyl (C=O) groups is 3. The fourth-order valence-corrected chi connectivity index (χ4v) is 2.85. The Labute approximate surface area is 168 Å². The smallest absolute Gasteiger partial charge is 0.325 e. The molecule has 148 valence electrons.